The first kappa shape index (κ1) is 18.6. The van der Waals surface area contributed by atoms with Crippen molar-refractivity contribution in [3.63, 3.8) is 0 Å². The number of amides is 1. The number of aromatic nitrogens is 1. The van der Waals surface area contributed by atoms with Crippen LogP contribution in [0.3, 0.4) is 0 Å². The van der Waals surface area contributed by atoms with Crippen molar-refractivity contribution in [3.8, 4) is 0 Å². The lowest BCUT2D eigenvalue weighted by molar-refractivity contribution is -0.118. The highest BCUT2D eigenvalue weighted by Crippen LogP contribution is 2.23. The Morgan fingerprint density at radius 3 is 2.62 bits per heavy atom. The van der Waals surface area contributed by atoms with Crippen LogP contribution in [0.25, 0.3) is 10.2 Å². The zero-order valence-corrected chi connectivity index (χ0v) is 16.6. The fourth-order valence-electron chi connectivity index (χ4n) is 3.03. The standard InChI is InChI=1S/C22H26N2OS/c1-4-14-24-19-12-11-18(16(2)3)15-20(19)26-22(24)23-21(25)13-10-17-8-6-5-7-9-17/h5-9,11-12,15-16H,4,10,13-14H2,1-3H3. The van der Waals surface area contributed by atoms with E-state index < -0.39 is 0 Å². The number of hydrogen-bond acceptors (Lipinski definition) is 2. The molecule has 0 saturated carbocycles. The summed E-state index contributed by atoms with van der Waals surface area (Å²) < 4.78 is 3.39. The lowest BCUT2D eigenvalue weighted by Gasteiger charge is -2.06. The van der Waals surface area contributed by atoms with Gasteiger partial charge in [0.25, 0.3) is 0 Å². The Labute approximate surface area is 159 Å². The predicted octanol–water partition coefficient (Wildman–Crippen LogP) is 5.30. The lowest BCUT2D eigenvalue weighted by Crippen LogP contribution is -2.17. The third-order valence-corrected chi connectivity index (χ3v) is 5.55. The minimum atomic E-state index is -0.0469. The van der Waals surface area contributed by atoms with Crippen LogP contribution in [0.2, 0.25) is 0 Å². The van der Waals surface area contributed by atoms with E-state index in [2.05, 4.69) is 60.7 Å². The van der Waals surface area contributed by atoms with E-state index in [-0.39, 0.29) is 5.91 Å². The molecule has 2 aromatic carbocycles. The summed E-state index contributed by atoms with van der Waals surface area (Å²) in [5, 5.41) is 0. The van der Waals surface area contributed by atoms with Crippen LogP contribution < -0.4 is 4.80 Å². The summed E-state index contributed by atoms with van der Waals surface area (Å²) in [6.07, 6.45) is 2.20. The Bertz CT molecular complexity index is 951. The molecule has 0 spiro atoms. The molecule has 4 heteroatoms. The van der Waals surface area contributed by atoms with Crippen LogP contribution in [0, 0.1) is 0 Å². The van der Waals surface area contributed by atoms with E-state index >= 15 is 0 Å². The number of carbonyl (C=O) groups excluding carboxylic acids is 1. The van der Waals surface area contributed by atoms with Crippen molar-refractivity contribution in [2.45, 2.75) is 52.5 Å². The number of aryl methyl sites for hydroxylation is 2. The monoisotopic (exact) mass is 366 g/mol. The van der Waals surface area contributed by atoms with Crippen molar-refractivity contribution in [3.05, 3.63) is 64.5 Å². The minimum Gasteiger partial charge on any atom is -0.316 e. The Morgan fingerprint density at radius 2 is 1.92 bits per heavy atom. The van der Waals surface area contributed by atoms with Crippen molar-refractivity contribution in [2.75, 3.05) is 0 Å². The highest BCUT2D eigenvalue weighted by molar-refractivity contribution is 7.16. The Morgan fingerprint density at radius 1 is 1.15 bits per heavy atom. The Balaban J connectivity index is 1.90. The van der Waals surface area contributed by atoms with Gasteiger partial charge in [-0.3, -0.25) is 4.79 Å². The second-order valence-electron chi connectivity index (χ2n) is 6.91. The topological polar surface area (TPSA) is 34.4 Å². The van der Waals surface area contributed by atoms with Gasteiger partial charge in [0.15, 0.2) is 4.80 Å². The van der Waals surface area contributed by atoms with Crippen LogP contribution in [0.4, 0.5) is 0 Å². The number of hydrogen-bond donors (Lipinski definition) is 0. The minimum absolute atomic E-state index is 0.0469. The van der Waals surface area contributed by atoms with E-state index in [0.717, 1.165) is 24.2 Å². The second-order valence-corrected chi connectivity index (χ2v) is 7.92. The van der Waals surface area contributed by atoms with Gasteiger partial charge in [-0.2, -0.15) is 4.99 Å². The summed E-state index contributed by atoms with van der Waals surface area (Å²) in [6.45, 7) is 7.44. The molecule has 0 saturated heterocycles. The maximum Gasteiger partial charge on any atom is 0.248 e. The van der Waals surface area contributed by atoms with Crippen LogP contribution in [-0.4, -0.2) is 10.5 Å². The molecule has 0 bridgehead atoms. The van der Waals surface area contributed by atoms with Gasteiger partial charge in [-0.1, -0.05) is 68.5 Å². The number of benzene rings is 2. The molecule has 0 fully saturated rings. The molecule has 0 atom stereocenters. The molecule has 0 aliphatic carbocycles. The van der Waals surface area contributed by atoms with Gasteiger partial charge in [-0.25, -0.2) is 0 Å². The first-order valence-corrected chi connectivity index (χ1v) is 10.1. The van der Waals surface area contributed by atoms with Crippen molar-refractivity contribution in [1.82, 2.24) is 4.57 Å². The van der Waals surface area contributed by atoms with Crippen LogP contribution in [0.15, 0.2) is 53.5 Å². The molecule has 1 amide bonds. The van der Waals surface area contributed by atoms with E-state index in [1.54, 1.807) is 11.3 Å². The normalized spacial score (nSPS) is 12.2. The summed E-state index contributed by atoms with van der Waals surface area (Å²) in [6, 6.07) is 16.7. The maximum absolute atomic E-state index is 12.4. The van der Waals surface area contributed by atoms with Crippen molar-refractivity contribution >= 4 is 27.5 Å². The molecule has 0 radical (unpaired) electrons. The molecule has 3 aromatic rings. The van der Waals surface area contributed by atoms with E-state index in [0.29, 0.717) is 12.3 Å². The van der Waals surface area contributed by atoms with E-state index in [1.807, 2.05) is 18.2 Å². The quantitative estimate of drug-likeness (QED) is 0.583. The summed E-state index contributed by atoms with van der Waals surface area (Å²) in [5.74, 6) is 0.448. The average Bonchev–Trinajstić information content (AvgIpc) is 2.97. The number of fused-ring (bicyclic) bond motifs is 1. The summed E-state index contributed by atoms with van der Waals surface area (Å²) in [5.41, 5.74) is 3.68. The van der Waals surface area contributed by atoms with Crippen LogP contribution in [0.1, 0.15) is 50.7 Å². The Kier molecular flexibility index (Phi) is 6.04. The number of carbonyl (C=O) groups is 1. The molecule has 1 heterocycles. The van der Waals surface area contributed by atoms with Crippen LogP contribution in [-0.2, 0) is 17.8 Å². The lowest BCUT2D eigenvalue weighted by atomic mass is 10.0. The van der Waals surface area contributed by atoms with Crippen molar-refractivity contribution in [1.29, 1.82) is 0 Å². The van der Waals surface area contributed by atoms with Gasteiger partial charge in [-0.15, -0.1) is 0 Å². The smallest absolute Gasteiger partial charge is 0.248 e. The predicted molar refractivity (Wildman–Crippen MR) is 110 cm³/mol. The molecular weight excluding hydrogens is 340 g/mol. The molecular formula is C22H26N2OS. The molecule has 0 aliphatic rings. The zero-order valence-electron chi connectivity index (χ0n) is 15.7. The van der Waals surface area contributed by atoms with Gasteiger partial charge in [-0.05, 0) is 42.0 Å². The molecule has 136 valence electrons. The van der Waals surface area contributed by atoms with E-state index in [1.165, 1.54) is 21.3 Å². The molecule has 0 N–H and O–H groups in total. The highest BCUT2D eigenvalue weighted by Gasteiger charge is 2.09. The summed E-state index contributed by atoms with van der Waals surface area (Å²) >= 11 is 1.62. The molecule has 1 aromatic heterocycles. The maximum atomic E-state index is 12.4. The number of nitrogens with zero attached hydrogens (tertiary/aromatic N) is 2. The molecule has 0 unspecified atom stereocenters. The van der Waals surface area contributed by atoms with E-state index in [4.69, 9.17) is 0 Å². The number of rotatable bonds is 6. The zero-order chi connectivity index (χ0) is 18.5. The third kappa shape index (κ3) is 4.31. The van der Waals surface area contributed by atoms with Gasteiger partial charge in [0.05, 0.1) is 10.2 Å². The highest BCUT2D eigenvalue weighted by atomic mass is 32.1. The molecule has 3 nitrogen and oxygen atoms in total. The van der Waals surface area contributed by atoms with Gasteiger partial charge >= 0.3 is 0 Å². The largest absolute Gasteiger partial charge is 0.316 e. The SMILES string of the molecule is CCCn1c(=NC(=O)CCc2ccccc2)sc2cc(C(C)C)ccc21. The van der Waals surface area contributed by atoms with Gasteiger partial charge in [0, 0.05) is 13.0 Å². The van der Waals surface area contributed by atoms with Crippen LogP contribution >= 0.6 is 11.3 Å². The molecule has 26 heavy (non-hydrogen) atoms. The molecule has 0 aliphatic heterocycles. The van der Waals surface area contributed by atoms with Crippen molar-refractivity contribution < 1.29 is 4.79 Å². The van der Waals surface area contributed by atoms with Gasteiger partial charge in [0.2, 0.25) is 5.91 Å². The van der Waals surface area contributed by atoms with Crippen molar-refractivity contribution in [2.24, 2.45) is 4.99 Å². The fraction of sp³-hybridized carbons (Fsp3) is 0.364. The average molecular weight is 367 g/mol. The summed E-state index contributed by atoms with van der Waals surface area (Å²) in [7, 11) is 0. The number of thiazole rings is 1. The summed E-state index contributed by atoms with van der Waals surface area (Å²) in [4.78, 5) is 17.7. The fourth-order valence-corrected chi connectivity index (χ4v) is 4.15. The van der Waals surface area contributed by atoms with Crippen LogP contribution in [0.5, 0.6) is 0 Å². The van der Waals surface area contributed by atoms with Gasteiger partial charge < -0.3 is 4.57 Å². The first-order chi connectivity index (χ1) is 12.6. The third-order valence-electron chi connectivity index (χ3n) is 4.51. The first-order valence-electron chi connectivity index (χ1n) is 9.33. The Hall–Kier alpha value is -2.20. The second kappa shape index (κ2) is 8.45. The van der Waals surface area contributed by atoms with Gasteiger partial charge in [0.1, 0.15) is 0 Å². The molecule has 3 rings (SSSR count). The van der Waals surface area contributed by atoms with E-state index in [9.17, 15) is 4.79 Å².